The third-order valence-electron chi connectivity index (χ3n) is 9.23. The largest absolute Gasteiger partial charge is 0.493 e. The highest BCUT2D eigenvalue weighted by Gasteiger charge is 2.36. The summed E-state index contributed by atoms with van der Waals surface area (Å²) in [4.78, 5) is 23.7. The number of likely N-dealkylation sites (tertiary alicyclic amines) is 1. The van der Waals surface area contributed by atoms with Crippen LogP contribution in [-0.2, 0) is 17.9 Å². The lowest BCUT2D eigenvalue weighted by Crippen LogP contribution is -2.42. The van der Waals surface area contributed by atoms with E-state index in [1.807, 2.05) is 72.5 Å². The third-order valence-corrected chi connectivity index (χ3v) is 9.23. The first kappa shape index (κ1) is 32.5. The van der Waals surface area contributed by atoms with Crippen molar-refractivity contribution in [1.82, 2.24) is 9.80 Å². The van der Waals surface area contributed by atoms with Crippen molar-refractivity contribution in [2.45, 2.75) is 51.4 Å². The Bertz CT molecular complexity index is 1670. The predicted octanol–water partition coefficient (Wildman–Crippen LogP) is 6.98. The highest BCUT2D eigenvalue weighted by Crippen LogP contribution is 2.42. The normalized spacial score (nSPS) is 18.0. The van der Waals surface area contributed by atoms with E-state index in [0.29, 0.717) is 37.7 Å². The quantitative estimate of drug-likeness (QED) is 0.169. The number of carbonyl (C=O) groups is 1. The van der Waals surface area contributed by atoms with Crippen LogP contribution in [0.25, 0.3) is 0 Å². The zero-order chi connectivity index (χ0) is 32.8. The fraction of sp³-hybridized carbons (Fsp3) is 0.350. The zero-order valence-electron chi connectivity index (χ0n) is 27.9. The Labute approximate surface area is 278 Å². The van der Waals surface area contributed by atoms with Gasteiger partial charge in [0.2, 0.25) is 0 Å². The molecule has 6 rings (SSSR count). The Morgan fingerprint density at radius 3 is 2.34 bits per heavy atom. The topological polar surface area (TPSA) is 63.6 Å². The first-order valence-electron chi connectivity index (χ1n) is 16.6. The van der Waals surface area contributed by atoms with E-state index in [2.05, 4.69) is 55.3 Å². The lowest BCUT2D eigenvalue weighted by Gasteiger charge is -2.39. The zero-order valence-corrected chi connectivity index (χ0v) is 27.9. The van der Waals surface area contributed by atoms with E-state index in [-0.39, 0.29) is 23.9 Å². The number of hydrogen-bond donors (Lipinski definition) is 0. The number of ether oxygens (including phenoxy) is 3. The van der Waals surface area contributed by atoms with Crippen molar-refractivity contribution in [3.05, 3.63) is 130 Å². The van der Waals surface area contributed by atoms with Gasteiger partial charge in [0.15, 0.2) is 11.5 Å². The fourth-order valence-corrected chi connectivity index (χ4v) is 6.70. The molecule has 4 aromatic carbocycles. The molecule has 0 N–H and O–H groups in total. The molecule has 47 heavy (non-hydrogen) atoms. The lowest BCUT2D eigenvalue weighted by molar-refractivity contribution is 0.0403. The summed E-state index contributed by atoms with van der Waals surface area (Å²) in [5.41, 5.74) is 7.06. The molecule has 1 fully saturated rings. The van der Waals surface area contributed by atoms with Crippen LogP contribution < -0.4 is 9.47 Å². The molecule has 1 amide bonds. The second-order valence-corrected chi connectivity index (χ2v) is 12.6. The minimum absolute atomic E-state index is 0.0272. The number of rotatable bonds is 12. The minimum atomic E-state index is -0.131. The predicted molar refractivity (Wildman–Crippen MR) is 187 cm³/mol. The Hall–Kier alpha value is -4.46. The van der Waals surface area contributed by atoms with Gasteiger partial charge in [0.25, 0.3) is 5.91 Å². The molecule has 244 valence electrons. The molecule has 0 saturated carbocycles. The van der Waals surface area contributed by atoms with Gasteiger partial charge in [0.1, 0.15) is 0 Å². The molecule has 1 saturated heterocycles. The standard InChI is InChI=1S/C40H45N3O4/c1-5-47-38-22-33-34(23-37(38)45-4)39(41-36-20-21-42(3)25-35(33)36)31-16-18-32(19-17-31)40(44)43(24-29-12-8-6-9-13-29)28(2)26-46-27-30-14-10-7-11-15-30/h6-19,22-23,28,35-36H,5,20-21,24-27H2,1-4H3/t28-,35+,36+/m0/s1. The van der Waals surface area contributed by atoms with E-state index < -0.39 is 0 Å². The summed E-state index contributed by atoms with van der Waals surface area (Å²) in [5.74, 6) is 1.73. The molecule has 4 aromatic rings. The van der Waals surface area contributed by atoms with Gasteiger partial charge in [-0.1, -0.05) is 72.8 Å². The van der Waals surface area contributed by atoms with Crippen molar-refractivity contribution in [3.8, 4) is 11.5 Å². The van der Waals surface area contributed by atoms with Crippen molar-refractivity contribution >= 4 is 11.6 Å². The van der Waals surface area contributed by atoms with Crippen molar-refractivity contribution in [2.75, 3.05) is 40.5 Å². The summed E-state index contributed by atoms with van der Waals surface area (Å²) in [6, 6.07) is 32.5. The van der Waals surface area contributed by atoms with Crippen molar-refractivity contribution in [1.29, 1.82) is 0 Å². The van der Waals surface area contributed by atoms with Crippen molar-refractivity contribution < 1.29 is 19.0 Å². The summed E-state index contributed by atoms with van der Waals surface area (Å²) in [6.45, 7) is 8.01. The number of benzene rings is 4. The van der Waals surface area contributed by atoms with Crippen LogP contribution in [0.2, 0.25) is 0 Å². The number of amides is 1. The van der Waals surface area contributed by atoms with Crippen molar-refractivity contribution in [2.24, 2.45) is 4.99 Å². The number of likely N-dealkylation sites (N-methyl/N-ethyl adjacent to an activating group) is 1. The average molecular weight is 632 g/mol. The molecule has 0 spiro atoms. The molecular formula is C40H45N3O4. The molecule has 2 heterocycles. The highest BCUT2D eigenvalue weighted by molar-refractivity contribution is 6.15. The molecule has 0 aliphatic carbocycles. The highest BCUT2D eigenvalue weighted by atomic mass is 16.5. The van der Waals surface area contributed by atoms with Gasteiger partial charge in [-0.05, 0) is 74.8 Å². The molecule has 7 heteroatoms. The molecule has 0 aromatic heterocycles. The molecule has 0 bridgehead atoms. The van der Waals surface area contributed by atoms with Gasteiger partial charge < -0.3 is 24.0 Å². The lowest BCUT2D eigenvalue weighted by atomic mass is 9.79. The van der Waals surface area contributed by atoms with Crippen LogP contribution in [0.15, 0.2) is 102 Å². The van der Waals surface area contributed by atoms with Crippen LogP contribution in [0.4, 0.5) is 0 Å². The maximum absolute atomic E-state index is 14.1. The van der Waals surface area contributed by atoms with Crippen molar-refractivity contribution in [3.63, 3.8) is 0 Å². The molecular weight excluding hydrogens is 586 g/mol. The summed E-state index contributed by atoms with van der Waals surface area (Å²) >= 11 is 0. The minimum Gasteiger partial charge on any atom is -0.493 e. The van der Waals surface area contributed by atoms with Crippen LogP contribution in [0.3, 0.4) is 0 Å². The van der Waals surface area contributed by atoms with E-state index in [4.69, 9.17) is 19.2 Å². The number of carbonyl (C=O) groups excluding carboxylic acids is 1. The van der Waals surface area contributed by atoms with E-state index in [0.717, 1.165) is 53.2 Å². The summed E-state index contributed by atoms with van der Waals surface area (Å²) in [6.07, 6.45) is 0.995. The summed E-state index contributed by atoms with van der Waals surface area (Å²) in [7, 11) is 3.85. The molecule has 2 aliphatic rings. The first-order valence-corrected chi connectivity index (χ1v) is 16.6. The maximum atomic E-state index is 14.1. The monoisotopic (exact) mass is 631 g/mol. The van der Waals surface area contributed by atoms with Gasteiger partial charge in [-0.2, -0.15) is 0 Å². The van der Waals surface area contributed by atoms with Gasteiger partial charge in [-0.3, -0.25) is 9.79 Å². The fourth-order valence-electron chi connectivity index (χ4n) is 6.70. The van der Waals surface area contributed by atoms with Gasteiger partial charge in [-0.15, -0.1) is 0 Å². The summed E-state index contributed by atoms with van der Waals surface area (Å²) in [5, 5.41) is 0. The van der Waals surface area contributed by atoms with E-state index in [1.54, 1.807) is 7.11 Å². The van der Waals surface area contributed by atoms with Gasteiger partial charge in [0, 0.05) is 35.7 Å². The van der Waals surface area contributed by atoms with Gasteiger partial charge in [-0.25, -0.2) is 0 Å². The van der Waals surface area contributed by atoms with Crippen LogP contribution in [0.5, 0.6) is 11.5 Å². The van der Waals surface area contributed by atoms with Gasteiger partial charge in [0.05, 0.1) is 44.7 Å². The smallest absolute Gasteiger partial charge is 0.254 e. The number of methoxy groups -OCH3 is 1. The van der Waals surface area contributed by atoms with E-state index in [1.165, 1.54) is 5.56 Å². The average Bonchev–Trinajstić information content (AvgIpc) is 3.11. The number of piperidine rings is 1. The number of aliphatic imine (C=N–C) groups is 1. The molecule has 3 atom stereocenters. The number of hydrogen-bond acceptors (Lipinski definition) is 6. The van der Waals surface area contributed by atoms with Crippen LogP contribution in [0.1, 0.15) is 64.4 Å². The molecule has 7 nitrogen and oxygen atoms in total. The van der Waals surface area contributed by atoms with Crippen LogP contribution in [-0.4, -0.2) is 74.0 Å². The third kappa shape index (κ3) is 7.42. The first-order chi connectivity index (χ1) is 22.9. The van der Waals surface area contributed by atoms with E-state index in [9.17, 15) is 4.79 Å². The second-order valence-electron chi connectivity index (χ2n) is 12.6. The van der Waals surface area contributed by atoms with Crippen LogP contribution >= 0.6 is 0 Å². The molecule has 0 radical (unpaired) electrons. The van der Waals surface area contributed by atoms with E-state index >= 15 is 0 Å². The molecule has 2 aliphatic heterocycles. The Kier molecular flexibility index (Phi) is 10.3. The number of fused-ring (bicyclic) bond motifs is 3. The number of nitrogens with zero attached hydrogens (tertiary/aromatic N) is 3. The second kappa shape index (κ2) is 15.0. The van der Waals surface area contributed by atoms with Crippen LogP contribution in [0, 0.1) is 0 Å². The summed E-state index contributed by atoms with van der Waals surface area (Å²) < 4.78 is 17.8. The Balaban J connectivity index is 1.27. The molecule has 0 unspecified atom stereocenters. The Morgan fingerprint density at radius 1 is 0.957 bits per heavy atom. The van der Waals surface area contributed by atoms with Gasteiger partial charge >= 0.3 is 0 Å². The maximum Gasteiger partial charge on any atom is 0.254 e. The Morgan fingerprint density at radius 2 is 1.66 bits per heavy atom. The SMILES string of the molecule is CCOc1cc2c(cc1OC)C(c1ccc(C(=O)N(Cc3ccccc3)[C@@H](C)COCc3ccccc3)cc1)=N[C@@H]1CCN(C)C[C@H]21.